The second kappa shape index (κ2) is 15.5. The number of hydrogen-bond acceptors (Lipinski definition) is 5. The Balaban J connectivity index is 0. The van der Waals surface area contributed by atoms with Crippen LogP contribution in [0.15, 0.2) is 42.6 Å². The van der Waals surface area contributed by atoms with E-state index in [1.54, 1.807) is 0 Å². The number of benzene rings is 1. The summed E-state index contributed by atoms with van der Waals surface area (Å²) in [7, 11) is 0. The van der Waals surface area contributed by atoms with Crippen molar-refractivity contribution in [3.63, 3.8) is 0 Å². The molecule has 1 amide bonds. The number of hydrogen-bond donors (Lipinski definition) is 3. The molecule has 10 heteroatoms. The second-order valence-corrected chi connectivity index (χ2v) is 6.31. The Bertz CT molecular complexity index is 695. The van der Waals surface area contributed by atoms with Gasteiger partial charge < -0.3 is 10.2 Å². The number of pyridine rings is 1. The van der Waals surface area contributed by atoms with Crippen LogP contribution in [0.1, 0.15) is 16.8 Å². The number of carbonyl (C=O) groups is 1. The Morgan fingerprint density at radius 3 is 2.14 bits per heavy atom. The lowest BCUT2D eigenvalue weighted by atomic mass is 10.0. The van der Waals surface area contributed by atoms with Crippen molar-refractivity contribution < 1.29 is 4.79 Å². The monoisotopic (exact) mass is 483 g/mol. The third-order valence-corrected chi connectivity index (χ3v) is 4.51. The van der Waals surface area contributed by atoms with Crippen LogP contribution in [0.5, 0.6) is 0 Å². The molecular formula is C19H29Cl4N5O. The van der Waals surface area contributed by atoms with Crippen molar-refractivity contribution in [2.24, 2.45) is 5.84 Å². The molecule has 1 aliphatic heterocycles. The Morgan fingerprint density at radius 2 is 1.59 bits per heavy atom. The van der Waals surface area contributed by atoms with E-state index in [9.17, 15) is 4.79 Å². The largest absolute Gasteiger partial charge is 0.368 e. The van der Waals surface area contributed by atoms with Gasteiger partial charge in [-0.25, -0.2) is 5.84 Å². The highest BCUT2D eigenvalue weighted by Gasteiger charge is 2.10. The van der Waals surface area contributed by atoms with Gasteiger partial charge in [0.15, 0.2) is 0 Å². The average molecular weight is 485 g/mol. The number of carbonyl (C=O) groups excluding carboxylic acids is 1. The van der Waals surface area contributed by atoms with E-state index in [0.29, 0.717) is 6.42 Å². The number of anilines is 1. The highest BCUT2D eigenvalue weighted by atomic mass is 35.5. The minimum absolute atomic E-state index is 0. The summed E-state index contributed by atoms with van der Waals surface area (Å²) < 4.78 is 0. The number of aryl methyl sites for hydroxylation is 2. The highest BCUT2D eigenvalue weighted by molar-refractivity contribution is 5.86. The van der Waals surface area contributed by atoms with Crippen LogP contribution >= 0.6 is 49.6 Å². The van der Waals surface area contributed by atoms with Crippen molar-refractivity contribution >= 4 is 61.2 Å². The van der Waals surface area contributed by atoms with E-state index in [4.69, 9.17) is 5.84 Å². The van der Waals surface area contributed by atoms with Crippen LogP contribution < -0.4 is 21.5 Å². The smallest absolute Gasteiger partial charge is 0.238 e. The number of halogens is 4. The second-order valence-electron chi connectivity index (χ2n) is 6.31. The first-order valence-corrected chi connectivity index (χ1v) is 8.72. The number of hydrazine groups is 1. The van der Waals surface area contributed by atoms with Crippen LogP contribution in [0.3, 0.4) is 0 Å². The molecular weight excluding hydrogens is 456 g/mol. The maximum atomic E-state index is 11.3. The molecule has 2 heterocycles. The average Bonchev–Trinajstić information content (AvgIpc) is 2.68. The zero-order chi connectivity index (χ0) is 17.5. The minimum atomic E-state index is -0.179. The molecule has 0 bridgehead atoms. The van der Waals surface area contributed by atoms with E-state index < -0.39 is 0 Å². The number of nitrogens with one attached hydrogen (secondary N) is 2. The lowest BCUT2D eigenvalue weighted by molar-refractivity contribution is -0.120. The number of piperazine rings is 1. The first-order chi connectivity index (χ1) is 12.2. The standard InChI is InChI=1S/C19H25N5O.4ClH/c20-23-19(25)13-16-3-1-15(2-4-16)5-6-17-7-8-18(14-22-17)24-11-9-21-10-12-24;;;;/h1-4,7-8,14,21H,5-6,9-13,20H2,(H,23,25);4*1H. The van der Waals surface area contributed by atoms with Crippen LogP contribution in [0.4, 0.5) is 5.69 Å². The fourth-order valence-corrected chi connectivity index (χ4v) is 3.01. The third-order valence-electron chi connectivity index (χ3n) is 4.51. The zero-order valence-electron chi connectivity index (χ0n) is 16.0. The predicted octanol–water partition coefficient (Wildman–Crippen LogP) is 2.50. The van der Waals surface area contributed by atoms with Crippen LogP contribution in [-0.2, 0) is 24.1 Å². The number of amides is 1. The summed E-state index contributed by atoms with van der Waals surface area (Å²) in [4.78, 5) is 18.2. The lowest BCUT2D eigenvalue weighted by Crippen LogP contribution is -2.43. The fraction of sp³-hybridized carbons (Fsp3) is 0.368. The topological polar surface area (TPSA) is 83.3 Å². The summed E-state index contributed by atoms with van der Waals surface area (Å²) in [5, 5.41) is 3.36. The van der Waals surface area contributed by atoms with Gasteiger partial charge in [-0.05, 0) is 36.1 Å². The van der Waals surface area contributed by atoms with Crippen molar-refractivity contribution in [2.75, 3.05) is 31.1 Å². The quantitative estimate of drug-likeness (QED) is 0.333. The maximum absolute atomic E-state index is 11.3. The third kappa shape index (κ3) is 9.38. The molecule has 3 rings (SSSR count). The molecule has 0 saturated carbocycles. The van der Waals surface area contributed by atoms with Crippen LogP contribution in [0.2, 0.25) is 0 Å². The van der Waals surface area contributed by atoms with Crippen molar-refractivity contribution in [3.8, 4) is 0 Å². The van der Waals surface area contributed by atoms with Gasteiger partial charge in [-0.1, -0.05) is 24.3 Å². The van der Waals surface area contributed by atoms with E-state index in [1.807, 2.05) is 18.3 Å². The molecule has 2 aromatic rings. The molecule has 29 heavy (non-hydrogen) atoms. The summed E-state index contributed by atoms with van der Waals surface area (Å²) in [6.45, 7) is 4.14. The van der Waals surface area contributed by atoms with Crippen molar-refractivity contribution in [1.29, 1.82) is 0 Å². The molecule has 1 saturated heterocycles. The van der Waals surface area contributed by atoms with Crippen molar-refractivity contribution in [2.45, 2.75) is 19.3 Å². The van der Waals surface area contributed by atoms with Crippen LogP contribution in [0.25, 0.3) is 0 Å². The molecule has 1 aliphatic rings. The van der Waals surface area contributed by atoms with Crippen LogP contribution in [0, 0.1) is 0 Å². The molecule has 0 atom stereocenters. The van der Waals surface area contributed by atoms with Gasteiger partial charge >= 0.3 is 0 Å². The van der Waals surface area contributed by atoms with Crippen LogP contribution in [-0.4, -0.2) is 37.1 Å². The molecule has 164 valence electrons. The normalized spacial score (nSPS) is 12.4. The van der Waals surface area contributed by atoms with Gasteiger partial charge in [-0.2, -0.15) is 0 Å². The molecule has 0 unspecified atom stereocenters. The summed E-state index contributed by atoms with van der Waals surface area (Å²) in [5.41, 5.74) is 6.66. The van der Waals surface area contributed by atoms with E-state index in [2.05, 4.69) is 44.9 Å². The Morgan fingerprint density at radius 1 is 0.966 bits per heavy atom. The number of aromatic nitrogens is 1. The summed E-state index contributed by atoms with van der Waals surface area (Å²) in [6.07, 6.45) is 4.13. The van der Waals surface area contributed by atoms with Gasteiger partial charge in [0, 0.05) is 31.9 Å². The zero-order valence-corrected chi connectivity index (χ0v) is 19.3. The molecule has 0 spiro atoms. The van der Waals surface area contributed by atoms with Gasteiger partial charge in [0.05, 0.1) is 18.3 Å². The van der Waals surface area contributed by atoms with E-state index in [0.717, 1.165) is 50.3 Å². The van der Waals surface area contributed by atoms with Gasteiger partial charge in [-0.3, -0.25) is 15.2 Å². The molecule has 1 aromatic carbocycles. The Kier molecular flexibility index (Phi) is 16.0. The number of nitrogens with two attached hydrogens (primary N) is 1. The predicted molar refractivity (Wildman–Crippen MR) is 128 cm³/mol. The first-order valence-electron chi connectivity index (χ1n) is 8.72. The van der Waals surface area contributed by atoms with E-state index in [1.165, 1.54) is 11.3 Å². The maximum Gasteiger partial charge on any atom is 0.238 e. The van der Waals surface area contributed by atoms with E-state index >= 15 is 0 Å². The first kappa shape index (κ1) is 29.9. The number of nitrogens with zero attached hydrogens (tertiary/aromatic N) is 2. The summed E-state index contributed by atoms with van der Waals surface area (Å²) >= 11 is 0. The Labute approximate surface area is 197 Å². The summed E-state index contributed by atoms with van der Waals surface area (Å²) in [6, 6.07) is 12.4. The number of rotatable bonds is 6. The highest BCUT2D eigenvalue weighted by Crippen LogP contribution is 2.15. The van der Waals surface area contributed by atoms with Gasteiger partial charge in [-0.15, -0.1) is 49.6 Å². The fourth-order valence-electron chi connectivity index (χ4n) is 3.01. The van der Waals surface area contributed by atoms with Crippen molar-refractivity contribution in [3.05, 3.63) is 59.4 Å². The Hall–Kier alpha value is -1.28. The van der Waals surface area contributed by atoms with Gasteiger partial charge in [0.1, 0.15) is 0 Å². The molecule has 1 fully saturated rings. The van der Waals surface area contributed by atoms with Crippen molar-refractivity contribution in [1.82, 2.24) is 15.7 Å². The summed E-state index contributed by atoms with van der Waals surface area (Å²) in [5.74, 6) is 4.93. The molecule has 0 radical (unpaired) electrons. The van der Waals surface area contributed by atoms with E-state index in [-0.39, 0.29) is 55.5 Å². The van der Waals surface area contributed by atoms with Gasteiger partial charge in [0.25, 0.3) is 0 Å². The molecule has 1 aromatic heterocycles. The minimum Gasteiger partial charge on any atom is -0.368 e. The van der Waals surface area contributed by atoms with Gasteiger partial charge in [0.2, 0.25) is 5.91 Å². The molecule has 0 aliphatic carbocycles. The lowest BCUT2D eigenvalue weighted by Gasteiger charge is -2.29. The molecule has 6 nitrogen and oxygen atoms in total. The molecule has 4 N–H and O–H groups in total. The SMILES string of the molecule is Cl.Cl.Cl.Cl.NNC(=O)Cc1ccc(CCc2ccc(N3CCNCC3)cn2)cc1.